The summed E-state index contributed by atoms with van der Waals surface area (Å²) in [5, 5.41) is 3.09. The van der Waals surface area contributed by atoms with Gasteiger partial charge in [0.1, 0.15) is 6.61 Å². The Hall–Kier alpha value is -2.33. The summed E-state index contributed by atoms with van der Waals surface area (Å²) in [7, 11) is 0. The Morgan fingerprint density at radius 2 is 1.63 bits per heavy atom. The predicted molar refractivity (Wildman–Crippen MR) is 109 cm³/mol. The molecule has 1 fully saturated rings. The summed E-state index contributed by atoms with van der Waals surface area (Å²) in [5.74, 6) is 0.803. The summed E-state index contributed by atoms with van der Waals surface area (Å²) in [6, 6.07) is 20.2. The average Bonchev–Trinajstić information content (AvgIpc) is 2.70. The van der Waals surface area contributed by atoms with E-state index in [0.29, 0.717) is 6.61 Å². The van der Waals surface area contributed by atoms with E-state index >= 15 is 0 Å². The van der Waals surface area contributed by atoms with E-state index in [0.717, 1.165) is 37.5 Å². The average molecular weight is 367 g/mol. The van der Waals surface area contributed by atoms with Crippen molar-refractivity contribution in [1.82, 2.24) is 10.2 Å². The van der Waals surface area contributed by atoms with Gasteiger partial charge in [0.25, 0.3) is 0 Å². The van der Waals surface area contributed by atoms with Crippen LogP contribution in [0.1, 0.15) is 30.9 Å². The molecule has 0 spiro atoms. The molecule has 1 aliphatic rings. The van der Waals surface area contributed by atoms with Crippen molar-refractivity contribution in [3.8, 4) is 0 Å². The first-order valence-corrected chi connectivity index (χ1v) is 9.92. The van der Waals surface area contributed by atoms with Gasteiger partial charge in [0.2, 0.25) is 0 Å². The molecule has 144 valence electrons. The second kappa shape index (κ2) is 10.1. The molecule has 4 nitrogen and oxygen atoms in total. The standard InChI is InChI=1S/C23H30N2O2/c1-19-12-14-25(15-13-19)17-22(16-20-8-4-2-5-9-20)24-23(26)27-18-21-10-6-3-7-11-21/h2-11,19,22H,12-18H2,1H3,(H,24,26). The van der Waals surface area contributed by atoms with Crippen LogP contribution in [0.5, 0.6) is 0 Å². The summed E-state index contributed by atoms with van der Waals surface area (Å²) in [6.45, 7) is 5.69. The molecule has 1 N–H and O–H groups in total. The molecule has 0 bridgehead atoms. The first-order valence-electron chi connectivity index (χ1n) is 9.92. The quantitative estimate of drug-likeness (QED) is 0.796. The van der Waals surface area contributed by atoms with E-state index in [1.807, 2.05) is 48.5 Å². The number of carbonyl (C=O) groups excluding carboxylic acids is 1. The lowest BCUT2D eigenvalue weighted by molar-refractivity contribution is 0.127. The number of nitrogens with zero attached hydrogens (tertiary/aromatic N) is 1. The number of alkyl carbamates (subject to hydrolysis) is 1. The second-order valence-electron chi connectivity index (χ2n) is 7.58. The van der Waals surface area contributed by atoms with Gasteiger partial charge < -0.3 is 15.0 Å². The van der Waals surface area contributed by atoms with Crippen molar-refractivity contribution in [2.75, 3.05) is 19.6 Å². The van der Waals surface area contributed by atoms with Crippen molar-refractivity contribution in [1.29, 1.82) is 0 Å². The molecule has 4 heteroatoms. The zero-order chi connectivity index (χ0) is 18.9. The number of benzene rings is 2. The Labute approximate surface area is 162 Å². The molecule has 3 rings (SSSR count). The smallest absolute Gasteiger partial charge is 0.407 e. The van der Waals surface area contributed by atoms with Crippen molar-refractivity contribution < 1.29 is 9.53 Å². The number of amides is 1. The summed E-state index contributed by atoms with van der Waals surface area (Å²) in [6.07, 6.45) is 2.94. The number of hydrogen-bond acceptors (Lipinski definition) is 3. The molecular formula is C23H30N2O2. The van der Waals surface area contributed by atoms with Crippen molar-refractivity contribution >= 4 is 6.09 Å². The molecule has 0 radical (unpaired) electrons. The molecule has 1 amide bonds. The SMILES string of the molecule is CC1CCN(CC(Cc2ccccc2)NC(=O)OCc2ccccc2)CC1. The Bertz CT molecular complexity index is 682. The summed E-state index contributed by atoms with van der Waals surface area (Å²) in [4.78, 5) is 14.8. The van der Waals surface area contributed by atoms with Gasteiger partial charge in [-0.05, 0) is 49.4 Å². The van der Waals surface area contributed by atoms with Gasteiger partial charge in [-0.2, -0.15) is 0 Å². The van der Waals surface area contributed by atoms with E-state index in [9.17, 15) is 4.79 Å². The molecule has 1 heterocycles. The zero-order valence-corrected chi connectivity index (χ0v) is 16.1. The van der Waals surface area contributed by atoms with Gasteiger partial charge in [-0.25, -0.2) is 4.79 Å². The highest BCUT2D eigenvalue weighted by atomic mass is 16.5. The van der Waals surface area contributed by atoms with Crippen molar-refractivity contribution in [3.63, 3.8) is 0 Å². The molecule has 1 saturated heterocycles. The normalized spacial score (nSPS) is 16.6. The molecule has 0 saturated carbocycles. The topological polar surface area (TPSA) is 41.6 Å². The van der Waals surface area contributed by atoms with E-state index in [1.165, 1.54) is 18.4 Å². The second-order valence-corrected chi connectivity index (χ2v) is 7.58. The van der Waals surface area contributed by atoms with E-state index in [-0.39, 0.29) is 12.1 Å². The Balaban J connectivity index is 1.55. The zero-order valence-electron chi connectivity index (χ0n) is 16.1. The highest BCUT2D eigenvalue weighted by Crippen LogP contribution is 2.17. The Kier molecular flexibility index (Phi) is 7.28. The molecule has 2 aromatic rings. The molecule has 27 heavy (non-hydrogen) atoms. The van der Waals surface area contributed by atoms with Crippen LogP contribution in [-0.4, -0.2) is 36.7 Å². The van der Waals surface area contributed by atoms with Crippen LogP contribution in [0.25, 0.3) is 0 Å². The maximum atomic E-state index is 12.4. The van der Waals surface area contributed by atoms with Gasteiger partial charge in [-0.3, -0.25) is 0 Å². The third-order valence-corrected chi connectivity index (χ3v) is 5.21. The minimum atomic E-state index is -0.342. The van der Waals surface area contributed by atoms with Gasteiger partial charge in [-0.15, -0.1) is 0 Å². The molecule has 1 aliphatic heterocycles. The number of piperidine rings is 1. The van der Waals surface area contributed by atoms with Crippen LogP contribution in [0.2, 0.25) is 0 Å². The van der Waals surface area contributed by atoms with Gasteiger partial charge in [0.05, 0.1) is 0 Å². The van der Waals surface area contributed by atoms with Crippen LogP contribution < -0.4 is 5.32 Å². The van der Waals surface area contributed by atoms with Crippen LogP contribution in [0.4, 0.5) is 4.79 Å². The minimum absolute atomic E-state index is 0.0454. The monoisotopic (exact) mass is 366 g/mol. The van der Waals surface area contributed by atoms with Crippen LogP contribution in [0.3, 0.4) is 0 Å². The fraction of sp³-hybridized carbons (Fsp3) is 0.435. The number of carbonyl (C=O) groups is 1. The van der Waals surface area contributed by atoms with Crippen molar-refractivity contribution in [2.24, 2.45) is 5.92 Å². The predicted octanol–water partition coefficient (Wildman–Crippen LogP) is 4.26. The lowest BCUT2D eigenvalue weighted by Crippen LogP contribution is -2.47. The number of nitrogens with one attached hydrogen (secondary N) is 1. The first kappa shape index (κ1) is 19.4. The number of likely N-dealkylation sites (tertiary alicyclic amines) is 1. The molecule has 1 atom stereocenters. The number of ether oxygens (including phenoxy) is 1. The van der Waals surface area contributed by atoms with Crippen molar-refractivity contribution in [2.45, 2.75) is 38.8 Å². The third kappa shape index (κ3) is 6.72. The lowest BCUT2D eigenvalue weighted by atomic mass is 9.98. The number of rotatable bonds is 7. The summed E-state index contributed by atoms with van der Waals surface area (Å²) in [5.41, 5.74) is 2.23. The van der Waals surface area contributed by atoms with Crippen LogP contribution in [0, 0.1) is 5.92 Å². The first-order chi connectivity index (χ1) is 13.2. The number of hydrogen-bond donors (Lipinski definition) is 1. The van der Waals surface area contributed by atoms with Gasteiger partial charge >= 0.3 is 6.09 Å². The summed E-state index contributed by atoms with van der Waals surface area (Å²) < 4.78 is 5.43. The van der Waals surface area contributed by atoms with Gasteiger partial charge in [0, 0.05) is 12.6 Å². The van der Waals surface area contributed by atoms with E-state index in [2.05, 4.69) is 29.3 Å². The molecule has 0 aliphatic carbocycles. The van der Waals surface area contributed by atoms with E-state index in [4.69, 9.17) is 4.74 Å². The molecule has 2 aromatic carbocycles. The van der Waals surface area contributed by atoms with E-state index in [1.54, 1.807) is 0 Å². The maximum Gasteiger partial charge on any atom is 0.407 e. The largest absolute Gasteiger partial charge is 0.445 e. The minimum Gasteiger partial charge on any atom is -0.445 e. The fourth-order valence-electron chi connectivity index (χ4n) is 3.55. The van der Waals surface area contributed by atoms with Crippen molar-refractivity contribution in [3.05, 3.63) is 71.8 Å². The lowest BCUT2D eigenvalue weighted by Gasteiger charge is -2.33. The van der Waals surface area contributed by atoms with Crippen LogP contribution in [0.15, 0.2) is 60.7 Å². The molecular weight excluding hydrogens is 336 g/mol. The maximum absolute atomic E-state index is 12.4. The van der Waals surface area contributed by atoms with Crippen LogP contribution in [-0.2, 0) is 17.8 Å². The van der Waals surface area contributed by atoms with Gasteiger partial charge in [-0.1, -0.05) is 67.6 Å². The summed E-state index contributed by atoms with van der Waals surface area (Å²) >= 11 is 0. The Morgan fingerprint density at radius 1 is 1.04 bits per heavy atom. The fourth-order valence-corrected chi connectivity index (χ4v) is 3.55. The molecule has 1 unspecified atom stereocenters. The van der Waals surface area contributed by atoms with Gasteiger partial charge in [0.15, 0.2) is 0 Å². The van der Waals surface area contributed by atoms with E-state index < -0.39 is 0 Å². The van der Waals surface area contributed by atoms with Crippen LogP contribution >= 0.6 is 0 Å². The third-order valence-electron chi connectivity index (χ3n) is 5.21. The Morgan fingerprint density at radius 3 is 2.26 bits per heavy atom. The molecule has 0 aromatic heterocycles. The highest BCUT2D eigenvalue weighted by Gasteiger charge is 2.21. The highest BCUT2D eigenvalue weighted by molar-refractivity contribution is 5.67.